The van der Waals surface area contributed by atoms with Gasteiger partial charge in [0.1, 0.15) is 11.4 Å². The van der Waals surface area contributed by atoms with Gasteiger partial charge in [0, 0.05) is 23.3 Å². The number of amides is 1. The zero-order chi connectivity index (χ0) is 15.4. The van der Waals surface area contributed by atoms with E-state index in [0.29, 0.717) is 28.0 Å². The van der Waals surface area contributed by atoms with Crippen molar-refractivity contribution in [1.82, 2.24) is 14.3 Å². The summed E-state index contributed by atoms with van der Waals surface area (Å²) >= 11 is 1.12. The lowest BCUT2D eigenvalue weighted by Gasteiger charge is -2.02. The number of benzene rings is 1. The number of hydrogen-bond acceptors (Lipinski definition) is 6. The molecule has 0 aliphatic heterocycles. The van der Waals surface area contributed by atoms with E-state index < -0.39 is 0 Å². The van der Waals surface area contributed by atoms with Crippen LogP contribution in [0.1, 0.15) is 10.4 Å². The Morgan fingerprint density at radius 3 is 2.68 bits per heavy atom. The van der Waals surface area contributed by atoms with Crippen LogP contribution in [-0.4, -0.2) is 27.4 Å². The fraction of sp³-hybridized carbons (Fsp3) is 0.0667. The van der Waals surface area contributed by atoms with Gasteiger partial charge in [0.25, 0.3) is 5.91 Å². The number of hydrogen-bond donors (Lipinski definition) is 1. The zero-order valence-electron chi connectivity index (χ0n) is 11.7. The van der Waals surface area contributed by atoms with Gasteiger partial charge in [0.2, 0.25) is 5.13 Å². The summed E-state index contributed by atoms with van der Waals surface area (Å²) < 4.78 is 9.25. The van der Waals surface area contributed by atoms with Crippen molar-refractivity contribution in [3.05, 3.63) is 54.2 Å². The highest BCUT2D eigenvalue weighted by Gasteiger charge is 2.11. The first-order valence-electron chi connectivity index (χ1n) is 6.47. The fourth-order valence-corrected chi connectivity index (χ4v) is 2.36. The quantitative estimate of drug-likeness (QED) is 0.801. The number of nitrogens with zero attached hydrogens (tertiary/aromatic N) is 3. The molecule has 0 atom stereocenters. The van der Waals surface area contributed by atoms with Crippen molar-refractivity contribution in [1.29, 1.82) is 0 Å². The summed E-state index contributed by atoms with van der Waals surface area (Å²) in [5, 5.41) is 3.16. The Kier molecular flexibility index (Phi) is 4.06. The van der Waals surface area contributed by atoms with Crippen molar-refractivity contribution in [2.45, 2.75) is 0 Å². The maximum atomic E-state index is 12.1. The standard InChI is InChI=1S/C15H12N4O2S/c1-21-11-7-5-10(6-8-11)14(20)18-15-17-13(19-22-15)12-4-2-3-9-16-12/h2-9H,1H3,(H,17,18,19,20). The van der Waals surface area contributed by atoms with Crippen molar-refractivity contribution >= 4 is 22.6 Å². The minimum atomic E-state index is -0.244. The zero-order valence-corrected chi connectivity index (χ0v) is 12.5. The summed E-state index contributed by atoms with van der Waals surface area (Å²) in [5.74, 6) is 0.951. The smallest absolute Gasteiger partial charge is 0.257 e. The second-order valence-electron chi connectivity index (χ2n) is 4.32. The van der Waals surface area contributed by atoms with Gasteiger partial charge in [-0.2, -0.15) is 9.36 Å². The van der Waals surface area contributed by atoms with E-state index in [1.165, 1.54) is 0 Å². The van der Waals surface area contributed by atoms with Crippen LogP contribution < -0.4 is 10.1 Å². The van der Waals surface area contributed by atoms with E-state index in [2.05, 4.69) is 19.7 Å². The fourth-order valence-electron chi connectivity index (χ4n) is 1.79. The number of methoxy groups -OCH3 is 1. The lowest BCUT2D eigenvalue weighted by atomic mass is 10.2. The van der Waals surface area contributed by atoms with Crippen molar-refractivity contribution in [2.75, 3.05) is 12.4 Å². The van der Waals surface area contributed by atoms with E-state index in [0.717, 1.165) is 11.5 Å². The minimum Gasteiger partial charge on any atom is -0.497 e. The SMILES string of the molecule is COc1ccc(C(=O)Nc2nc(-c3ccccn3)ns2)cc1. The largest absolute Gasteiger partial charge is 0.497 e. The maximum absolute atomic E-state index is 12.1. The highest BCUT2D eigenvalue weighted by molar-refractivity contribution is 7.10. The molecule has 2 aromatic heterocycles. The number of carbonyl (C=O) groups excluding carboxylic acids is 1. The molecule has 3 rings (SSSR count). The van der Waals surface area contributed by atoms with Gasteiger partial charge in [0.05, 0.1) is 7.11 Å². The van der Waals surface area contributed by atoms with Crippen LogP contribution in [0.25, 0.3) is 11.5 Å². The molecular weight excluding hydrogens is 300 g/mol. The number of nitrogens with one attached hydrogen (secondary N) is 1. The molecule has 0 saturated heterocycles. The molecule has 110 valence electrons. The van der Waals surface area contributed by atoms with Gasteiger partial charge < -0.3 is 4.74 Å². The molecule has 3 aromatic rings. The lowest BCUT2D eigenvalue weighted by Crippen LogP contribution is -2.11. The van der Waals surface area contributed by atoms with Crippen molar-refractivity contribution in [3.63, 3.8) is 0 Å². The molecule has 0 saturated carbocycles. The lowest BCUT2D eigenvalue weighted by molar-refractivity contribution is 0.102. The van der Waals surface area contributed by atoms with Crippen molar-refractivity contribution in [2.24, 2.45) is 0 Å². The third-order valence-electron chi connectivity index (χ3n) is 2.89. The second kappa shape index (κ2) is 6.31. The molecule has 2 heterocycles. The molecule has 0 unspecified atom stereocenters. The van der Waals surface area contributed by atoms with E-state index in [1.54, 1.807) is 37.6 Å². The van der Waals surface area contributed by atoms with Gasteiger partial charge in [-0.15, -0.1) is 0 Å². The van der Waals surface area contributed by atoms with Crippen molar-refractivity contribution < 1.29 is 9.53 Å². The monoisotopic (exact) mass is 312 g/mol. The molecule has 0 aliphatic rings. The molecule has 0 radical (unpaired) electrons. The Morgan fingerprint density at radius 1 is 1.18 bits per heavy atom. The normalized spacial score (nSPS) is 10.2. The first kappa shape index (κ1) is 14.2. The van der Waals surface area contributed by atoms with Gasteiger partial charge >= 0.3 is 0 Å². The van der Waals surface area contributed by atoms with Crippen LogP contribution in [-0.2, 0) is 0 Å². The molecule has 7 heteroatoms. The van der Waals surface area contributed by atoms with Crippen LogP contribution in [0.2, 0.25) is 0 Å². The first-order chi connectivity index (χ1) is 10.8. The molecular formula is C15H12N4O2S. The van der Waals surface area contributed by atoms with Crippen LogP contribution in [0.15, 0.2) is 48.7 Å². The van der Waals surface area contributed by atoms with E-state index in [4.69, 9.17) is 4.74 Å². The number of anilines is 1. The van der Waals surface area contributed by atoms with Crippen molar-refractivity contribution in [3.8, 4) is 17.3 Å². The second-order valence-corrected chi connectivity index (χ2v) is 5.07. The highest BCUT2D eigenvalue weighted by Crippen LogP contribution is 2.20. The van der Waals surface area contributed by atoms with Crippen LogP contribution in [0, 0.1) is 0 Å². The van der Waals surface area contributed by atoms with Crippen LogP contribution in [0.3, 0.4) is 0 Å². The maximum Gasteiger partial charge on any atom is 0.257 e. The van der Waals surface area contributed by atoms with Crippen LogP contribution >= 0.6 is 11.5 Å². The predicted octanol–water partition coefficient (Wildman–Crippen LogP) is 2.86. The molecule has 0 aliphatic carbocycles. The van der Waals surface area contributed by atoms with Crippen LogP contribution in [0.4, 0.5) is 5.13 Å². The Bertz CT molecular complexity index is 772. The summed E-state index contributed by atoms with van der Waals surface area (Å²) in [6, 6.07) is 12.3. The Hall–Kier alpha value is -2.80. The molecule has 1 aromatic carbocycles. The first-order valence-corrected chi connectivity index (χ1v) is 7.24. The van der Waals surface area contributed by atoms with Crippen LogP contribution in [0.5, 0.6) is 5.75 Å². The average molecular weight is 312 g/mol. The number of carbonyl (C=O) groups is 1. The summed E-state index contributed by atoms with van der Waals surface area (Å²) in [6.45, 7) is 0. The van der Waals surface area contributed by atoms with E-state index in [9.17, 15) is 4.79 Å². The van der Waals surface area contributed by atoms with Gasteiger partial charge in [-0.1, -0.05) is 6.07 Å². The van der Waals surface area contributed by atoms with Gasteiger partial charge in [-0.25, -0.2) is 0 Å². The Morgan fingerprint density at radius 2 is 2.00 bits per heavy atom. The minimum absolute atomic E-state index is 0.244. The van der Waals surface area contributed by atoms with E-state index >= 15 is 0 Å². The molecule has 22 heavy (non-hydrogen) atoms. The van der Waals surface area contributed by atoms with E-state index in [-0.39, 0.29) is 5.91 Å². The molecule has 6 nitrogen and oxygen atoms in total. The predicted molar refractivity (Wildman–Crippen MR) is 84.1 cm³/mol. The number of aromatic nitrogens is 3. The molecule has 1 N–H and O–H groups in total. The summed E-state index contributed by atoms with van der Waals surface area (Å²) in [6.07, 6.45) is 1.67. The average Bonchev–Trinajstić information content (AvgIpc) is 3.04. The Balaban J connectivity index is 1.73. The number of pyridine rings is 1. The topological polar surface area (TPSA) is 77.0 Å². The van der Waals surface area contributed by atoms with Gasteiger partial charge in [-0.3, -0.25) is 15.1 Å². The summed E-state index contributed by atoms with van der Waals surface area (Å²) in [4.78, 5) is 20.6. The molecule has 0 fully saturated rings. The van der Waals surface area contributed by atoms with E-state index in [1.807, 2.05) is 18.2 Å². The third kappa shape index (κ3) is 3.09. The van der Waals surface area contributed by atoms with Gasteiger partial charge in [0.15, 0.2) is 5.82 Å². The number of rotatable bonds is 4. The van der Waals surface area contributed by atoms with Gasteiger partial charge in [-0.05, 0) is 36.4 Å². The molecule has 0 bridgehead atoms. The molecule has 1 amide bonds. The summed E-state index contributed by atoms with van der Waals surface area (Å²) in [7, 11) is 1.58. The number of ether oxygens (including phenoxy) is 1. The summed E-state index contributed by atoms with van der Waals surface area (Å²) in [5.41, 5.74) is 1.19. The molecule has 0 spiro atoms. The Labute approximate surface area is 131 Å². The third-order valence-corrected chi connectivity index (χ3v) is 3.52. The highest BCUT2D eigenvalue weighted by atomic mass is 32.1.